The summed E-state index contributed by atoms with van der Waals surface area (Å²) in [4.78, 5) is 28.0. The largest absolute Gasteiger partial charge is 0.342 e. The van der Waals surface area contributed by atoms with Crippen LogP contribution in [0.15, 0.2) is 54.6 Å². The molecule has 2 atom stereocenters. The second kappa shape index (κ2) is 10.8. The summed E-state index contributed by atoms with van der Waals surface area (Å²) < 4.78 is 39.4. The van der Waals surface area contributed by atoms with Gasteiger partial charge in [-0.1, -0.05) is 48.5 Å². The van der Waals surface area contributed by atoms with Crippen LogP contribution in [0, 0.1) is 0 Å². The molecule has 4 rings (SSSR count). The van der Waals surface area contributed by atoms with Gasteiger partial charge in [0.15, 0.2) is 0 Å². The van der Waals surface area contributed by atoms with Gasteiger partial charge in [-0.2, -0.15) is 0 Å². The number of amides is 2. The van der Waals surface area contributed by atoms with E-state index in [1.165, 1.54) is 10.6 Å². The molecule has 0 aromatic heterocycles. The molecular formula is C27H36N4O5S2. The van der Waals surface area contributed by atoms with Gasteiger partial charge in [-0.25, -0.2) is 8.42 Å². The van der Waals surface area contributed by atoms with Crippen molar-refractivity contribution in [1.29, 1.82) is 0 Å². The minimum atomic E-state index is -3.44. The summed E-state index contributed by atoms with van der Waals surface area (Å²) in [7, 11) is -4.84. The Morgan fingerprint density at radius 3 is 2.29 bits per heavy atom. The van der Waals surface area contributed by atoms with Crippen LogP contribution in [0.1, 0.15) is 37.8 Å². The third-order valence-electron chi connectivity index (χ3n) is 7.33. The number of nitrogens with zero attached hydrogens (tertiary/aromatic N) is 2. The van der Waals surface area contributed by atoms with Crippen molar-refractivity contribution in [3.8, 4) is 0 Å². The van der Waals surface area contributed by atoms with Gasteiger partial charge in [0.05, 0.1) is 23.2 Å². The summed E-state index contributed by atoms with van der Waals surface area (Å²) in [6, 6.07) is 15.9. The zero-order chi connectivity index (χ0) is 27.7. The van der Waals surface area contributed by atoms with Gasteiger partial charge in [-0.3, -0.25) is 18.1 Å². The van der Waals surface area contributed by atoms with Crippen LogP contribution < -0.4 is 15.4 Å². The van der Waals surface area contributed by atoms with Gasteiger partial charge in [0.2, 0.25) is 21.8 Å². The number of nitrogens with two attached hydrogens (primary N) is 1. The number of nitrogens with one attached hydrogen (secondary N) is 1. The molecule has 3 N–H and O–H groups in total. The fourth-order valence-electron chi connectivity index (χ4n) is 5.21. The Morgan fingerprint density at radius 1 is 1.08 bits per heavy atom. The first-order valence-corrected chi connectivity index (χ1v) is 16.0. The van der Waals surface area contributed by atoms with Crippen molar-refractivity contribution in [3.05, 3.63) is 65.7 Å². The number of likely N-dealkylation sites (tertiary alicyclic amines) is 1. The fourth-order valence-corrected chi connectivity index (χ4v) is 7.49. The maximum atomic E-state index is 13.7. The fraction of sp³-hybridized carbons (Fsp3) is 0.481. The number of para-hydroxylation sites is 1. The molecule has 9 nitrogen and oxygen atoms in total. The smallest absolute Gasteiger partial charge is 0.246 e. The van der Waals surface area contributed by atoms with Gasteiger partial charge in [0.1, 0.15) is 6.04 Å². The molecule has 0 bridgehead atoms. The topological polar surface area (TPSA) is 130 Å². The van der Waals surface area contributed by atoms with Gasteiger partial charge < -0.3 is 16.0 Å². The molecule has 206 valence electrons. The third kappa shape index (κ3) is 6.10. The van der Waals surface area contributed by atoms with E-state index in [2.05, 4.69) is 5.32 Å². The van der Waals surface area contributed by atoms with Crippen molar-refractivity contribution in [1.82, 2.24) is 10.2 Å². The maximum absolute atomic E-state index is 13.7. The lowest BCUT2D eigenvalue weighted by atomic mass is 9.74. The predicted octanol–water partition coefficient (Wildman–Crippen LogP) is 1.50. The van der Waals surface area contributed by atoms with Crippen LogP contribution in [-0.4, -0.2) is 72.6 Å². The van der Waals surface area contributed by atoms with Crippen molar-refractivity contribution in [3.63, 3.8) is 0 Å². The lowest BCUT2D eigenvalue weighted by molar-refractivity contribution is -0.138. The first-order chi connectivity index (χ1) is 17.8. The minimum absolute atomic E-state index is 0.0259. The van der Waals surface area contributed by atoms with E-state index < -0.39 is 38.3 Å². The highest BCUT2D eigenvalue weighted by atomic mass is 32.2. The number of carbonyl (C=O) groups excluding carboxylic acids is 2. The highest BCUT2D eigenvalue weighted by Crippen LogP contribution is 2.47. The molecule has 2 aromatic rings. The molecular weight excluding hydrogens is 524 g/mol. The van der Waals surface area contributed by atoms with Crippen molar-refractivity contribution in [2.75, 3.05) is 35.9 Å². The number of fused-ring (bicyclic) bond motifs is 2. The molecule has 38 heavy (non-hydrogen) atoms. The maximum Gasteiger partial charge on any atom is 0.246 e. The van der Waals surface area contributed by atoms with Crippen molar-refractivity contribution < 1.29 is 22.2 Å². The summed E-state index contributed by atoms with van der Waals surface area (Å²) in [6.45, 7) is 4.25. The van der Waals surface area contributed by atoms with E-state index >= 15 is 0 Å². The molecule has 2 heterocycles. The Balaban J connectivity index is 1.50. The standard InChI is InChI=1S/C27H36N4O5S2/c1-26(2,28)25(33)29-22(18-37(34)17-20-9-5-4-6-10-20)24(32)30-15-13-27(14-16-30)19-31(38(3,35)36)23-12-8-7-11-21(23)27/h4-12,22H,13-19,28H2,1-3H3,(H,29,33). The highest BCUT2D eigenvalue weighted by molar-refractivity contribution is 7.92. The monoisotopic (exact) mass is 560 g/mol. The molecule has 2 unspecified atom stereocenters. The zero-order valence-electron chi connectivity index (χ0n) is 22.1. The van der Waals surface area contributed by atoms with Crippen LogP contribution in [0.4, 0.5) is 5.69 Å². The van der Waals surface area contributed by atoms with Crippen LogP contribution in [-0.2, 0) is 41.6 Å². The number of hydrogen-bond donors (Lipinski definition) is 2. The predicted molar refractivity (Wildman–Crippen MR) is 149 cm³/mol. The van der Waals surface area contributed by atoms with Crippen LogP contribution >= 0.6 is 0 Å². The summed E-state index contributed by atoms with van der Waals surface area (Å²) in [5.74, 6) is -0.546. The number of piperidine rings is 1. The molecule has 1 fully saturated rings. The van der Waals surface area contributed by atoms with E-state index in [-0.39, 0.29) is 22.8 Å². The van der Waals surface area contributed by atoms with Gasteiger partial charge >= 0.3 is 0 Å². The minimum Gasteiger partial charge on any atom is -0.342 e. The Morgan fingerprint density at radius 2 is 1.68 bits per heavy atom. The van der Waals surface area contributed by atoms with Gasteiger partial charge in [0.25, 0.3) is 0 Å². The van der Waals surface area contributed by atoms with E-state index in [4.69, 9.17) is 5.73 Å². The van der Waals surface area contributed by atoms with Crippen molar-refractivity contribution in [2.45, 2.75) is 49.4 Å². The molecule has 2 aliphatic rings. The Hall–Kier alpha value is -2.76. The Labute approximate surface area is 227 Å². The molecule has 0 radical (unpaired) electrons. The summed E-state index contributed by atoms with van der Waals surface area (Å²) >= 11 is 0. The molecule has 2 amide bonds. The average Bonchev–Trinajstić information content (AvgIpc) is 3.18. The molecule has 11 heteroatoms. The van der Waals surface area contributed by atoms with Crippen LogP contribution in [0.2, 0.25) is 0 Å². The number of anilines is 1. The number of sulfonamides is 1. The summed E-state index contributed by atoms with van der Waals surface area (Å²) in [5, 5.41) is 2.74. The summed E-state index contributed by atoms with van der Waals surface area (Å²) in [6.07, 6.45) is 2.37. The number of hydrogen-bond acceptors (Lipinski definition) is 6. The van der Waals surface area contributed by atoms with Crippen molar-refractivity contribution in [2.24, 2.45) is 5.73 Å². The number of carbonyl (C=O) groups is 2. The van der Waals surface area contributed by atoms with Crippen molar-refractivity contribution >= 4 is 38.3 Å². The summed E-state index contributed by atoms with van der Waals surface area (Å²) in [5.41, 5.74) is 6.95. The first kappa shape index (κ1) is 28.3. The van der Waals surface area contributed by atoms with Crippen LogP contribution in [0.25, 0.3) is 0 Å². The molecule has 2 aliphatic heterocycles. The van der Waals surface area contributed by atoms with E-state index in [0.717, 1.165) is 11.1 Å². The van der Waals surface area contributed by atoms with Gasteiger partial charge in [-0.15, -0.1) is 0 Å². The third-order valence-corrected chi connectivity index (χ3v) is 9.82. The lowest BCUT2D eigenvalue weighted by Gasteiger charge is -2.41. The highest BCUT2D eigenvalue weighted by Gasteiger charge is 2.48. The number of benzene rings is 2. The van der Waals surface area contributed by atoms with Gasteiger partial charge in [0, 0.05) is 41.6 Å². The second-order valence-electron chi connectivity index (χ2n) is 10.9. The molecule has 0 aliphatic carbocycles. The molecule has 0 saturated carbocycles. The Kier molecular flexibility index (Phi) is 8.02. The zero-order valence-corrected chi connectivity index (χ0v) is 23.7. The van der Waals surface area contributed by atoms with E-state index in [9.17, 15) is 22.2 Å². The first-order valence-electron chi connectivity index (χ1n) is 12.6. The molecule has 1 spiro atoms. The van der Waals surface area contributed by atoms with Gasteiger partial charge in [-0.05, 0) is 43.9 Å². The second-order valence-corrected chi connectivity index (χ2v) is 14.3. The molecule has 1 saturated heterocycles. The Bertz CT molecular complexity index is 1320. The van der Waals surface area contributed by atoms with E-state index in [0.29, 0.717) is 38.2 Å². The normalized spacial score (nSPS) is 18.6. The van der Waals surface area contributed by atoms with Crippen LogP contribution in [0.3, 0.4) is 0 Å². The molecule has 2 aromatic carbocycles. The number of rotatable bonds is 8. The van der Waals surface area contributed by atoms with Crippen LogP contribution in [0.5, 0.6) is 0 Å². The lowest BCUT2D eigenvalue weighted by Crippen LogP contribution is -2.59. The van der Waals surface area contributed by atoms with E-state index in [1.54, 1.807) is 18.7 Å². The SMILES string of the molecule is CC(C)(N)C(=O)NC(CS(=O)Cc1ccccc1)C(=O)N1CCC2(CC1)CN(S(C)(=O)=O)c1ccccc12. The van der Waals surface area contributed by atoms with E-state index in [1.807, 2.05) is 54.6 Å². The average molecular weight is 561 g/mol. The quantitative estimate of drug-likeness (QED) is 0.503.